The molecule has 1 fully saturated rings. The molecule has 0 radical (unpaired) electrons. The smallest absolute Gasteiger partial charge is 0.329 e. The van der Waals surface area contributed by atoms with Crippen LogP contribution in [0.15, 0.2) is 66.7 Å². The molecule has 0 unspecified atom stereocenters. The molecule has 1 aliphatic carbocycles. The van der Waals surface area contributed by atoms with Crippen molar-refractivity contribution in [2.45, 2.75) is 24.9 Å². The van der Waals surface area contributed by atoms with E-state index in [2.05, 4.69) is 5.32 Å². The van der Waals surface area contributed by atoms with Gasteiger partial charge in [-0.3, -0.25) is 9.59 Å². The molecule has 32 heavy (non-hydrogen) atoms. The number of anilines is 1. The van der Waals surface area contributed by atoms with E-state index in [1.54, 1.807) is 36.4 Å². The Hall–Kier alpha value is -3.64. The third-order valence-corrected chi connectivity index (χ3v) is 6.39. The number of rotatable bonds is 5. The summed E-state index contributed by atoms with van der Waals surface area (Å²) in [5.74, 6) is -1.39. The Morgan fingerprint density at radius 3 is 2.22 bits per heavy atom. The summed E-state index contributed by atoms with van der Waals surface area (Å²) in [5, 5.41) is 13.0. The number of aliphatic carboxylic acids is 1. The van der Waals surface area contributed by atoms with Gasteiger partial charge in [-0.05, 0) is 72.0 Å². The average molecular weight is 447 g/mol. The van der Waals surface area contributed by atoms with E-state index in [0.717, 1.165) is 16.7 Å². The lowest BCUT2D eigenvalue weighted by Crippen LogP contribution is -2.43. The third-order valence-electron chi connectivity index (χ3n) is 6.13. The standard InChI is InChI=1S/C25H19ClN2O4/c26-19-7-3-16(4-8-19)22(29)27-20-9-5-15(6-10-20)17-1-2-18-14-28(23(30)21(18)13-17)25(11-12-25)24(31)32/h1-10,13H,11-12,14H2,(H,27,29)(H,31,32). The topological polar surface area (TPSA) is 86.7 Å². The monoisotopic (exact) mass is 446 g/mol. The summed E-state index contributed by atoms with van der Waals surface area (Å²) in [7, 11) is 0. The Labute approximate surface area is 189 Å². The average Bonchev–Trinajstić information content (AvgIpc) is 3.54. The van der Waals surface area contributed by atoms with Crippen molar-refractivity contribution in [3.05, 3.63) is 88.4 Å². The number of carboxylic acids is 1. The molecule has 1 heterocycles. The van der Waals surface area contributed by atoms with E-state index >= 15 is 0 Å². The molecule has 2 N–H and O–H groups in total. The quantitative estimate of drug-likeness (QED) is 0.587. The molecule has 1 saturated carbocycles. The van der Waals surface area contributed by atoms with Crippen LogP contribution in [0.2, 0.25) is 5.02 Å². The maximum atomic E-state index is 12.9. The number of halogens is 1. The first kappa shape index (κ1) is 20.3. The molecule has 0 saturated heterocycles. The normalized spacial score (nSPS) is 15.9. The predicted octanol–water partition coefficient (Wildman–Crippen LogP) is 4.83. The molecule has 2 aliphatic rings. The molecule has 3 aromatic rings. The van der Waals surface area contributed by atoms with E-state index in [-0.39, 0.29) is 11.8 Å². The number of nitrogens with zero attached hydrogens (tertiary/aromatic N) is 1. The van der Waals surface area contributed by atoms with Crippen LogP contribution in [0.3, 0.4) is 0 Å². The summed E-state index contributed by atoms with van der Waals surface area (Å²) in [5.41, 5.74) is 3.26. The van der Waals surface area contributed by atoms with Crippen LogP contribution in [0.4, 0.5) is 5.69 Å². The van der Waals surface area contributed by atoms with Gasteiger partial charge in [-0.15, -0.1) is 0 Å². The first-order chi connectivity index (χ1) is 15.4. The van der Waals surface area contributed by atoms with E-state index in [1.807, 2.05) is 30.3 Å². The predicted molar refractivity (Wildman–Crippen MR) is 121 cm³/mol. The minimum Gasteiger partial charge on any atom is -0.479 e. The zero-order chi connectivity index (χ0) is 22.5. The first-order valence-corrected chi connectivity index (χ1v) is 10.6. The maximum absolute atomic E-state index is 12.9. The molecule has 1 aliphatic heterocycles. The Kier molecular flexibility index (Phi) is 4.75. The number of nitrogens with one attached hydrogen (secondary N) is 1. The molecule has 0 aromatic heterocycles. The molecule has 0 spiro atoms. The Balaban J connectivity index is 1.33. The number of fused-ring (bicyclic) bond motifs is 1. The van der Waals surface area contributed by atoms with Crippen LogP contribution in [0.25, 0.3) is 11.1 Å². The summed E-state index contributed by atoms with van der Waals surface area (Å²) in [6.45, 7) is 0.330. The van der Waals surface area contributed by atoms with Crippen LogP contribution >= 0.6 is 11.6 Å². The molecule has 7 heteroatoms. The second-order valence-electron chi connectivity index (χ2n) is 8.14. The van der Waals surface area contributed by atoms with Crippen molar-refractivity contribution in [3.8, 4) is 11.1 Å². The molecule has 5 rings (SSSR count). The lowest BCUT2D eigenvalue weighted by molar-refractivity contribution is -0.144. The van der Waals surface area contributed by atoms with E-state index < -0.39 is 11.5 Å². The van der Waals surface area contributed by atoms with Gasteiger partial charge in [0, 0.05) is 28.4 Å². The van der Waals surface area contributed by atoms with Crippen molar-refractivity contribution in [1.82, 2.24) is 4.90 Å². The van der Waals surface area contributed by atoms with Crippen LogP contribution in [0.5, 0.6) is 0 Å². The van der Waals surface area contributed by atoms with Crippen molar-refractivity contribution in [2.75, 3.05) is 5.32 Å². The highest BCUT2D eigenvalue weighted by atomic mass is 35.5. The fraction of sp³-hybridized carbons (Fsp3) is 0.160. The molecule has 160 valence electrons. The molecule has 2 amide bonds. The van der Waals surface area contributed by atoms with Crippen LogP contribution in [-0.2, 0) is 11.3 Å². The summed E-state index contributed by atoms with van der Waals surface area (Å²) < 4.78 is 0. The molecular formula is C25H19ClN2O4. The lowest BCUT2D eigenvalue weighted by Gasteiger charge is -2.23. The second-order valence-corrected chi connectivity index (χ2v) is 8.57. The summed E-state index contributed by atoms with van der Waals surface area (Å²) in [6.07, 6.45) is 0.996. The van der Waals surface area contributed by atoms with Gasteiger partial charge in [-0.1, -0.05) is 35.9 Å². The minimum absolute atomic E-state index is 0.228. The number of hydrogen-bond donors (Lipinski definition) is 2. The first-order valence-electron chi connectivity index (χ1n) is 10.2. The highest BCUT2D eigenvalue weighted by Gasteiger charge is 2.58. The second kappa shape index (κ2) is 7.50. The number of benzene rings is 3. The Morgan fingerprint density at radius 2 is 1.59 bits per heavy atom. The van der Waals surface area contributed by atoms with Gasteiger partial charge in [0.2, 0.25) is 0 Å². The van der Waals surface area contributed by atoms with Crippen molar-refractivity contribution in [2.24, 2.45) is 0 Å². The van der Waals surface area contributed by atoms with Crippen molar-refractivity contribution in [3.63, 3.8) is 0 Å². The minimum atomic E-state index is -1.04. The fourth-order valence-electron chi connectivity index (χ4n) is 4.09. The summed E-state index contributed by atoms with van der Waals surface area (Å²) >= 11 is 5.86. The van der Waals surface area contributed by atoms with Crippen LogP contribution in [0.1, 0.15) is 39.1 Å². The number of carboxylic acid groups (broad SMARTS) is 1. The number of amides is 2. The van der Waals surface area contributed by atoms with E-state index in [9.17, 15) is 19.5 Å². The van der Waals surface area contributed by atoms with Crippen LogP contribution < -0.4 is 5.32 Å². The Morgan fingerprint density at radius 1 is 0.938 bits per heavy atom. The van der Waals surface area contributed by atoms with Gasteiger partial charge in [-0.2, -0.15) is 0 Å². The van der Waals surface area contributed by atoms with Gasteiger partial charge < -0.3 is 15.3 Å². The third kappa shape index (κ3) is 3.42. The maximum Gasteiger partial charge on any atom is 0.329 e. The van der Waals surface area contributed by atoms with Gasteiger partial charge >= 0.3 is 5.97 Å². The van der Waals surface area contributed by atoms with Crippen molar-refractivity contribution >= 4 is 35.1 Å². The van der Waals surface area contributed by atoms with Crippen LogP contribution in [-0.4, -0.2) is 33.3 Å². The summed E-state index contributed by atoms with van der Waals surface area (Å²) in [6, 6.07) is 19.6. The molecule has 6 nitrogen and oxygen atoms in total. The van der Waals surface area contributed by atoms with Gasteiger partial charge in [0.15, 0.2) is 0 Å². The van der Waals surface area contributed by atoms with E-state index in [1.165, 1.54) is 4.90 Å². The van der Waals surface area contributed by atoms with Crippen molar-refractivity contribution in [1.29, 1.82) is 0 Å². The highest BCUT2D eigenvalue weighted by Crippen LogP contribution is 2.46. The van der Waals surface area contributed by atoms with E-state index in [0.29, 0.717) is 41.2 Å². The number of carbonyl (C=O) groups is 3. The van der Waals surface area contributed by atoms with Gasteiger partial charge in [0.05, 0.1) is 0 Å². The zero-order valence-corrected chi connectivity index (χ0v) is 17.7. The number of hydrogen-bond acceptors (Lipinski definition) is 3. The van der Waals surface area contributed by atoms with Gasteiger partial charge in [-0.25, -0.2) is 4.79 Å². The molecular weight excluding hydrogens is 428 g/mol. The largest absolute Gasteiger partial charge is 0.479 e. The SMILES string of the molecule is O=C(Nc1ccc(-c2ccc3c(c2)C(=O)N(C2(C(=O)O)CC2)C3)cc1)c1ccc(Cl)cc1. The lowest BCUT2D eigenvalue weighted by atomic mass is 10.00. The fourth-order valence-corrected chi connectivity index (χ4v) is 4.22. The molecule has 0 bridgehead atoms. The zero-order valence-electron chi connectivity index (χ0n) is 17.0. The van der Waals surface area contributed by atoms with Gasteiger partial charge in [0.1, 0.15) is 5.54 Å². The number of carbonyl (C=O) groups excluding carboxylic acids is 2. The Bertz CT molecular complexity index is 1250. The molecule has 3 aromatic carbocycles. The molecule has 0 atom stereocenters. The van der Waals surface area contributed by atoms with Crippen molar-refractivity contribution < 1.29 is 19.5 Å². The summed E-state index contributed by atoms with van der Waals surface area (Å²) in [4.78, 5) is 38.4. The van der Waals surface area contributed by atoms with Gasteiger partial charge in [0.25, 0.3) is 11.8 Å². The highest BCUT2D eigenvalue weighted by molar-refractivity contribution is 6.30. The van der Waals surface area contributed by atoms with E-state index in [4.69, 9.17) is 11.6 Å². The van der Waals surface area contributed by atoms with Crippen LogP contribution in [0, 0.1) is 0 Å².